The smallest absolute Gasteiger partial charge is 0.300 e. The number of hydrogen-bond acceptors (Lipinski definition) is 4. The molecule has 1 fully saturated rings. The van der Waals surface area contributed by atoms with Gasteiger partial charge in [0.25, 0.3) is 11.7 Å². The number of benzene rings is 3. The molecule has 0 aromatic heterocycles. The summed E-state index contributed by atoms with van der Waals surface area (Å²) in [6, 6.07) is 16.8. The first-order valence-corrected chi connectivity index (χ1v) is 10.4. The fourth-order valence-corrected chi connectivity index (χ4v) is 4.26. The fourth-order valence-electron chi connectivity index (χ4n) is 4.26. The van der Waals surface area contributed by atoms with Gasteiger partial charge in [0.15, 0.2) is 0 Å². The van der Waals surface area contributed by atoms with Gasteiger partial charge in [0.2, 0.25) is 0 Å². The van der Waals surface area contributed by atoms with Crippen molar-refractivity contribution >= 4 is 23.1 Å². The molecule has 0 bridgehead atoms. The summed E-state index contributed by atoms with van der Waals surface area (Å²) in [6.07, 6.45) is 0. The Bertz CT molecular complexity index is 1270. The van der Waals surface area contributed by atoms with Gasteiger partial charge in [-0.1, -0.05) is 47.5 Å². The van der Waals surface area contributed by atoms with Gasteiger partial charge in [0, 0.05) is 11.3 Å². The number of rotatable bonds is 3. The van der Waals surface area contributed by atoms with Crippen LogP contribution in [0.4, 0.5) is 5.69 Å². The van der Waals surface area contributed by atoms with Gasteiger partial charge < -0.3 is 10.2 Å². The second-order valence-electron chi connectivity index (χ2n) is 8.37. The Morgan fingerprint density at radius 1 is 0.812 bits per heavy atom. The minimum atomic E-state index is -0.822. The summed E-state index contributed by atoms with van der Waals surface area (Å²) in [5.74, 6) is -1.55. The van der Waals surface area contributed by atoms with Crippen LogP contribution in [-0.2, 0) is 9.59 Å². The van der Waals surface area contributed by atoms with Crippen LogP contribution in [0.1, 0.15) is 39.4 Å². The molecule has 1 heterocycles. The molecule has 3 aromatic carbocycles. The van der Waals surface area contributed by atoms with Crippen LogP contribution < -0.4 is 4.90 Å². The molecule has 1 aliphatic heterocycles. The van der Waals surface area contributed by atoms with Crippen molar-refractivity contribution in [2.45, 2.75) is 33.7 Å². The van der Waals surface area contributed by atoms with E-state index >= 15 is 0 Å². The van der Waals surface area contributed by atoms with E-state index in [4.69, 9.17) is 0 Å². The number of carbonyl (C=O) groups excluding carboxylic acids is 2. The van der Waals surface area contributed by atoms with Crippen molar-refractivity contribution in [3.05, 3.63) is 99.6 Å². The maximum atomic E-state index is 13.3. The highest BCUT2D eigenvalue weighted by Crippen LogP contribution is 2.43. The number of Topliss-reactive ketones (excluding diaryl/α,β-unsaturated/α-hetero) is 1. The monoisotopic (exact) mass is 427 g/mol. The van der Waals surface area contributed by atoms with Crippen molar-refractivity contribution in [3.63, 3.8) is 0 Å². The minimum absolute atomic E-state index is 0.0364. The van der Waals surface area contributed by atoms with E-state index in [1.54, 1.807) is 12.1 Å². The van der Waals surface area contributed by atoms with Crippen molar-refractivity contribution < 1.29 is 19.8 Å². The number of carbonyl (C=O) groups is 2. The van der Waals surface area contributed by atoms with Gasteiger partial charge in [-0.2, -0.15) is 0 Å². The minimum Gasteiger partial charge on any atom is -0.508 e. The molecule has 1 amide bonds. The first-order valence-electron chi connectivity index (χ1n) is 10.4. The molecule has 32 heavy (non-hydrogen) atoms. The van der Waals surface area contributed by atoms with E-state index in [9.17, 15) is 19.8 Å². The summed E-state index contributed by atoms with van der Waals surface area (Å²) < 4.78 is 0. The zero-order valence-corrected chi connectivity index (χ0v) is 18.5. The molecule has 1 saturated heterocycles. The summed E-state index contributed by atoms with van der Waals surface area (Å²) in [4.78, 5) is 28.0. The van der Waals surface area contributed by atoms with Gasteiger partial charge in [0.1, 0.15) is 11.5 Å². The summed E-state index contributed by atoms with van der Waals surface area (Å²) in [7, 11) is 0. The molecule has 1 atom stereocenters. The number of aromatic hydroxyl groups is 1. The molecule has 0 spiro atoms. The topological polar surface area (TPSA) is 77.8 Å². The molecule has 5 heteroatoms. The first-order chi connectivity index (χ1) is 15.2. The first kappa shape index (κ1) is 21.4. The molecule has 1 aliphatic rings. The molecule has 5 nitrogen and oxygen atoms in total. The standard InChI is InChI=1S/C27H25NO4/c1-15-6-12-22(18(4)13-15)28-24(19-8-10-20(29)11-9-19)23(26(31)27(28)32)25(30)21-14-16(2)5-7-17(21)3/h5-14,24,29-30H,1-4H3/b25-23+. The quantitative estimate of drug-likeness (QED) is 0.340. The van der Waals surface area contributed by atoms with Crippen molar-refractivity contribution in [2.24, 2.45) is 0 Å². The van der Waals surface area contributed by atoms with Gasteiger partial charge in [-0.05, 0) is 68.7 Å². The fraction of sp³-hybridized carbons (Fsp3) is 0.185. The van der Waals surface area contributed by atoms with E-state index in [0.29, 0.717) is 16.8 Å². The number of anilines is 1. The number of aliphatic hydroxyl groups excluding tert-OH is 1. The number of ketones is 1. The SMILES string of the molecule is Cc1ccc(N2C(=O)C(=O)/C(=C(/O)c3cc(C)ccc3C)C2c2ccc(O)cc2)c(C)c1. The van der Waals surface area contributed by atoms with Crippen LogP contribution >= 0.6 is 0 Å². The Hall–Kier alpha value is -3.86. The highest BCUT2D eigenvalue weighted by molar-refractivity contribution is 6.51. The van der Waals surface area contributed by atoms with E-state index < -0.39 is 17.7 Å². The highest BCUT2D eigenvalue weighted by Gasteiger charge is 2.47. The average molecular weight is 428 g/mol. The van der Waals surface area contributed by atoms with Gasteiger partial charge in [-0.15, -0.1) is 0 Å². The van der Waals surface area contributed by atoms with Gasteiger partial charge >= 0.3 is 0 Å². The van der Waals surface area contributed by atoms with Gasteiger partial charge in [0.05, 0.1) is 11.6 Å². The van der Waals surface area contributed by atoms with Crippen LogP contribution in [0, 0.1) is 27.7 Å². The molecule has 3 aromatic rings. The van der Waals surface area contributed by atoms with Crippen molar-refractivity contribution in [3.8, 4) is 5.75 Å². The molecular weight excluding hydrogens is 402 g/mol. The summed E-state index contributed by atoms with van der Waals surface area (Å²) in [5.41, 5.74) is 5.41. The van der Waals surface area contributed by atoms with Crippen molar-refractivity contribution in [1.82, 2.24) is 0 Å². The number of nitrogens with zero attached hydrogens (tertiary/aromatic N) is 1. The predicted molar refractivity (Wildman–Crippen MR) is 125 cm³/mol. The van der Waals surface area contributed by atoms with E-state index in [1.807, 2.05) is 64.1 Å². The normalized spacial score (nSPS) is 17.8. The van der Waals surface area contributed by atoms with E-state index in [-0.39, 0.29) is 17.1 Å². The highest BCUT2D eigenvalue weighted by atomic mass is 16.3. The van der Waals surface area contributed by atoms with Crippen LogP contribution in [0.2, 0.25) is 0 Å². The third-order valence-electron chi connectivity index (χ3n) is 5.91. The maximum Gasteiger partial charge on any atom is 0.300 e. The number of hydrogen-bond donors (Lipinski definition) is 2. The van der Waals surface area contributed by atoms with Crippen LogP contribution in [0.15, 0.2) is 66.2 Å². The lowest BCUT2D eigenvalue weighted by Crippen LogP contribution is -2.30. The van der Waals surface area contributed by atoms with Crippen molar-refractivity contribution in [2.75, 3.05) is 4.90 Å². The van der Waals surface area contributed by atoms with Crippen LogP contribution in [0.3, 0.4) is 0 Å². The predicted octanol–water partition coefficient (Wildman–Crippen LogP) is 5.25. The van der Waals surface area contributed by atoms with E-state index in [1.165, 1.54) is 17.0 Å². The van der Waals surface area contributed by atoms with E-state index in [0.717, 1.165) is 22.3 Å². The molecule has 162 valence electrons. The lowest BCUT2D eigenvalue weighted by molar-refractivity contribution is -0.132. The van der Waals surface area contributed by atoms with Gasteiger partial charge in [-0.25, -0.2) is 0 Å². The Kier molecular flexibility index (Phi) is 5.35. The third-order valence-corrected chi connectivity index (χ3v) is 5.91. The Morgan fingerprint density at radius 2 is 1.44 bits per heavy atom. The Labute approximate surface area is 187 Å². The lowest BCUT2D eigenvalue weighted by Gasteiger charge is -2.27. The number of aryl methyl sites for hydroxylation is 4. The van der Waals surface area contributed by atoms with Gasteiger partial charge in [-0.3, -0.25) is 14.5 Å². The average Bonchev–Trinajstić information content (AvgIpc) is 3.01. The van der Waals surface area contributed by atoms with Crippen LogP contribution in [0.5, 0.6) is 5.75 Å². The number of phenols is 1. The molecule has 1 unspecified atom stereocenters. The summed E-state index contributed by atoms with van der Waals surface area (Å²) in [5, 5.41) is 21.1. The lowest BCUT2D eigenvalue weighted by atomic mass is 9.93. The molecule has 4 rings (SSSR count). The zero-order chi connectivity index (χ0) is 23.2. The van der Waals surface area contributed by atoms with Crippen LogP contribution in [0.25, 0.3) is 5.76 Å². The molecule has 2 N–H and O–H groups in total. The molecule has 0 saturated carbocycles. The number of aliphatic hydroxyl groups is 1. The summed E-state index contributed by atoms with van der Waals surface area (Å²) in [6.45, 7) is 7.61. The zero-order valence-electron chi connectivity index (χ0n) is 18.5. The number of phenolic OH excluding ortho intramolecular Hbond substituents is 1. The third kappa shape index (κ3) is 3.56. The molecule has 0 radical (unpaired) electrons. The Balaban J connectivity index is 2.00. The molecule has 0 aliphatic carbocycles. The number of amides is 1. The second-order valence-corrected chi connectivity index (χ2v) is 8.37. The van der Waals surface area contributed by atoms with Crippen molar-refractivity contribution in [1.29, 1.82) is 0 Å². The second kappa shape index (κ2) is 8.00. The summed E-state index contributed by atoms with van der Waals surface area (Å²) >= 11 is 0. The van der Waals surface area contributed by atoms with E-state index in [2.05, 4.69) is 0 Å². The maximum absolute atomic E-state index is 13.3. The Morgan fingerprint density at radius 3 is 2.09 bits per heavy atom. The van der Waals surface area contributed by atoms with Crippen LogP contribution in [-0.4, -0.2) is 21.9 Å². The largest absolute Gasteiger partial charge is 0.508 e. The molecular formula is C27H25NO4.